The van der Waals surface area contributed by atoms with Crippen molar-refractivity contribution in [3.63, 3.8) is 0 Å². The number of alkyl halides is 1. The summed E-state index contributed by atoms with van der Waals surface area (Å²) in [5.41, 5.74) is 2.66. The molecule has 108 valence electrons. The molecule has 0 N–H and O–H groups in total. The van der Waals surface area contributed by atoms with Gasteiger partial charge in [0.1, 0.15) is 0 Å². The Morgan fingerprint density at radius 1 is 1.15 bits per heavy atom. The Bertz CT molecular complexity index is 565. The lowest BCUT2D eigenvalue weighted by Crippen LogP contribution is -1.98. The summed E-state index contributed by atoms with van der Waals surface area (Å²) in [5.74, 6) is 1.55. The number of hydrogen-bond donors (Lipinski definition) is 0. The minimum Gasteiger partial charge on any atom is -0.493 e. The van der Waals surface area contributed by atoms with Gasteiger partial charge in [-0.3, -0.25) is 0 Å². The number of halogens is 1. The molecule has 0 bridgehead atoms. The van der Waals surface area contributed by atoms with E-state index in [1.807, 2.05) is 23.5 Å². The van der Waals surface area contributed by atoms with Gasteiger partial charge in [0.15, 0.2) is 11.5 Å². The van der Waals surface area contributed by atoms with E-state index in [2.05, 4.69) is 40.4 Å². The molecule has 0 aliphatic rings. The predicted octanol–water partition coefficient (Wildman–Crippen LogP) is 5.01. The zero-order valence-corrected chi connectivity index (χ0v) is 14.4. The van der Waals surface area contributed by atoms with Crippen molar-refractivity contribution in [3.8, 4) is 11.5 Å². The zero-order chi connectivity index (χ0) is 14.5. The van der Waals surface area contributed by atoms with E-state index in [-0.39, 0.29) is 0 Å². The van der Waals surface area contributed by atoms with Crippen LogP contribution >= 0.6 is 27.3 Å². The second-order valence-electron chi connectivity index (χ2n) is 4.52. The first-order valence-electron chi connectivity index (χ1n) is 6.60. The van der Waals surface area contributed by atoms with Crippen molar-refractivity contribution in [3.05, 3.63) is 45.6 Å². The molecule has 1 atom stereocenters. The topological polar surface area (TPSA) is 18.5 Å². The molecule has 0 amide bonds. The van der Waals surface area contributed by atoms with Crippen LogP contribution < -0.4 is 9.47 Å². The lowest BCUT2D eigenvalue weighted by molar-refractivity contribution is 0.354. The molecule has 20 heavy (non-hydrogen) atoms. The second-order valence-corrected chi connectivity index (χ2v) is 6.58. The van der Waals surface area contributed by atoms with Gasteiger partial charge < -0.3 is 9.47 Å². The highest BCUT2D eigenvalue weighted by Gasteiger charge is 2.15. The SMILES string of the molecule is CCc1ccsc1C(Br)Cc1ccc(OC)c(OC)c1. The molecule has 2 aromatic rings. The van der Waals surface area contributed by atoms with E-state index < -0.39 is 0 Å². The van der Waals surface area contributed by atoms with Crippen molar-refractivity contribution in [2.24, 2.45) is 0 Å². The molecule has 0 saturated carbocycles. The fraction of sp³-hybridized carbons (Fsp3) is 0.375. The largest absolute Gasteiger partial charge is 0.493 e. The van der Waals surface area contributed by atoms with E-state index in [9.17, 15) is 0 Å². The third-order valence-electron chi connectivity index (χ3n) is 3.31. The minimum atomic E-state index is 0.343. The summed E-state index contributed by atoms with van der Waals surface area (Å²) in [6.07, 6.45) is 2.01. The van der Waals surface area contributed by atoms with Crippen LogP contribution in [0.4, 0.5) is 0 Å². The van der Waals surface area contributed by atoms with E-state index in [1.54, 1.807) is 14.2 Å². The van der Waals surface area contributed by atoms with E-state index in [0.29, 0.717) is 4.83 Å². The van der Waals surface area contributed by atoms with Crippen molar-refractivity contribution in [2.75, 3.05) is 14.2 Å². The van der Waals surface area contributed by atoms with Gasteiger partial charge in [0.2, 0.25) is 0 Å². The van der Waals surface area contributed by atoms with Crippen molar-refractivity contribution >= 4 is 27.3 Å². The summed E-state index contributed by atoms with van der Waals surface area (Å²) in [6.45, 7) is 2.20. The Morgan fingerprint density at radius 2 is 1.90 bits per heavy atom. The van der Waals surface area contributed by atoms with Crippen molar-refractivity contribution < 1.29 is 9.47 Å². The third-order valence-corrected chi connectivity index (χ3v) is 5.47. The Kier molecular flexibility index (Phi) is 5.49. The molecule has 0 aliphatic heterocycles. The maximum Gasteiger partial charge on any atom is 0.160 e. The summed E-state index contributed by atoms with van der Waals surface area (Å²) in [5, 5.41) is 2.16. The number of methoxy groups -OCH3 is 2. The molecule has 0 spiro atoms. The number of thiophene rings is 1. The molecule has 2 nitrogen and oxygen atoms in total. The Hall–Kier alpha value is -1.00. The van der Waals surface area contributed by atoms with Gasteiger partial charge in [-0.05, 0) is 47.5 Å². The van der Waals surface area contributed by atoms with Crippen LogP contribution in [0.3, 0.4) is 0 Å². The summed E-state index contributed by atoms with van der Waals surface area (Å²) in [6, 6.07) is 8.31. The van der Waals surface area contributed by atoms with Gasteiger partial charge in [0.25, 0.3) is 0 Å². The number of rotatable bonds is 6. The van der Waals surface area contributed by atoms with Gasteiger partial charge in [-0.2, -0.15) is 0 Å². The van der Waals surface area contributed by atoms with Crippen LogP contribution in [0.1, 0.15) is 27.8 Å². The van der Waals surface area contributed by atoms with Gasteiger partial charge in [-0.25, -0.2) is 0 Å². The van der Waals surface area contributed by atoms with Crippen LogP contribution in [-0.4, -0.2) is 14.2 Å². The van der Waals surface area contributed by atoms with Gasteiger partial charge >= 0.3 is 0 Å². The van der Waals surface area contributed by atoms with Gasteiger partial charge in [0, 0.05) is 4.88 Å². The van der Waals surface area contributed by atoms with Crippen molar-refractivity contribution in [1.82, 2.24) is 0 Å². The minimum absolute atomic E-state index is 0.343. The van der Waals surface area contributed by atoms with Crippen LogP contribution in [0.2, 0.25) is 0 Å². The molecule has 0 fully saturated rings. The highest BCUT2D eigenvalue weighted by atomic mass is 79.9. The molecular formula is C16H19BrO2S. The molecule has 2 rings (SSSR count). The fourth-order valence-corrected chi connectivity index (χ4v) is 4.19. The maximum atomic E-state index is 5.36. The maximum absolute atomic E-state index is 5.36. The average Bonchev–Trinajstić information content (AvgIpc) is 2.95. The van der Waals surface area contributed by atoms with Crippen molar-refractivity contribution in [2.45, 2.75) is 24.6 Å². The van der Waals surface area contributed by atoms with E-state index in [0.717, 1.165) is 24.3 Å². The van der Waals surface area contributed by atoms with E-state index >= 15 is 0 Å². The molecule has 0 aliphatic carbocycles. The third kappa shape index (κ3) is 3.36. The molecule has 1 aromatic carbocycles. The lowest BCUT2D eigenvalue weighted by Gasteiger charge is -2.13. The summed E-state index contributed by atoms with van der Waals surface area (Å²) < 4.78 is 10.6. The molecular weight excluding hydrogens is 336 g/mol. The molecule has 1 heterocycles. The highest BCUT2D eigenvalue weighted by Crippen LogP contribution is 2.36. The molecule has 1 aromatic heterocycles. The highest BCUT2D eigenvalue weighted by molar-refractivity contribution is 9.09. The van der Waals surface area contributed by atoms with Crippen molar-refractivity contribution in [1.29, 1.82) is 0 Å². The molecule has 4 heteroatoms. The van der Waals surface area contributed by atoms with Crippen LogP contribution in [0.25, 0.3) is 0 Å². The lowest BCUT2D eigenvalue weighted by atomic mass is 10.1. The van der Waals surface area contributed by atoms with Crippen LogP contribution in [0.5, 0.6) is 11.5 Å². The number of aryl methyl sites for hydroxylation is 1. The van der Waals surface area contributed by atoms with Gasteiger partial charge in [-0.1, -0.05) is 28.9 Å². The first-order valence-corrected chi connectivity index (χ1v) is 8.40. The Morgan fingerprint density at radius 3 is 2.55 bits per heavy atom. The molecule has 0 radical (unpaired) electrons. The summed E-state index contributed by atoms with van der Waals surface area (Å²) >= 11 is 5.63. The standard InChI is InChI=1S/C16H19BrO2S/c1-4-12-7-8-20-16(12)13(17)9-11-5-6-14(18-2)15(10-11)19-3/h5-8,10,13H,4,9H2,1-3H3. The van der Waals surface area contributed by atoms with Crippen LogP contribution in [0, 0.1) is 0 Å². The molecule has 1 unspecified atom stereocenters. The smallest absolute Gasteiger partial charge is 0.160 e. The first-order chi connectivity index (χ1) is 9.69. The van der Waals surface area contributed by atoms with Gasteiger partial charge in [-0.15, -0.1) is 11.3 Å². The fourth-order valence-electron chi connectivity index (χ4n) is 2.22. The number of hydrogen-bond acceptors (Lipinski definition) is 3. The monoisotopic (exact) mass is 354 g/mol. The number of ether oxygens (including phenoxy) is 2. The molecule has 0 saturated heterocycles. The number of benzene rings is 1. The summed E-state index contributed by atoms with van der Waals surface area (Å²) in [7, 11) is 3.33. The summed E-state index contributed by atoms with van der Waals surface area (Å²) in [4.78, 5) is 1.76. The van der Waals surface area contributed by atoms with Crippen LogP contribution in [0.15, 0.2) is 29.6 Å². The van der Waals surface area contributed by atoms with E-state index in [1.165, 1.54) is 16.0 Å². The Balaban J connectivity index is 2.17. The quantitative estimate of drug-likeness (QED) is 0.679. The van der Waals surface area contributed by atoms with E-state index in [4.69, 9.17) is 9.47 Å². The van der Waals surface area contributed by atoms with Gasteiger partial charge in [0.05, 0.1) is 19.0 Å². The Labute approximate surface area is 132 Å². The second kappa shape index (κ2) is 7.14. The normalized spacial score (nSPS) is 12.2. The zero-order valence-electron chi connectivity index (χ0n) is 12.0. The first kappa shape index (κ1) is 15.4. The average molecular weight is 355 g/mol. The van der Waals surface area contributed by atoms with Crippen LogP contribution in [-0.2, 0) is 12.8 Å². The predicted molar refractivity (Wildman–Crippen MR) is 88.6 cm³/mol.